The second-order valence-electron chi connectivity index (χ2n) is 7.21. The minimum atomic E-state index is 0.778. The third-order valence-corrected chi connectivity index (χ3v) is 5.34. The lowest BCUT2D eigenvalue weighted by Gasteiger charge is -2.13. The Morgan fingerprint density at radius 2 is 1.47 bits per heavy atom. The van der Waals surface area contributed by atoms with Crippen LogP contribution >= 0.6 is 0 Å². The normalized spacial score (nSPS) is 11.0. The fourth-order valence-electron chi connectivity index (χ4n) is 3.76. The van der Waals surface area contributed by atoms with E-state index in [1.54, 1.807) is 0 Å². The summed E-state index contributed by atoms with van der Waals surface area (Å²) in [5.41, 5.74) is 12.4. The second kappa shape index (κ2) is 7.85. The number of quaternary nitrogens is 1. The number of hydrogen-bond acceptors (Lipinski definition) is 2. The van der Waals surface area contributed by atoms with Crippen molar-refractivity contribution in [3.8, 4) is 33.6 Å². The molecule has 0 saturated heterocycles. The van der Waals surface area contributed by atoms with E-state index in [1.165, 1.54) is 5.56 Å². The average molecular weight is 390 g/mol. The summed E-state index contributed by atoms with van der Waals surface area (Å²) in [6.07, 6.45) is 5.67. The molecule has 30 heavy (non-hydrogen) atoms. The van der Waals surface area contributed by atoms with E-state index in [0.717, 1.165) is 51.1 Å². The molecule has 4 heteroatoms. The van der Waals surface area contributed by atoms with Crippen LogP contribution in [-0.4, -0.2) is 9.97 Å². The lowest BCUT2D eigenvalue weighted by Crippen LogP contribution is -2.47. The molecule has 0 radical (unpaired) electrons. The molecule has 0 aliphatic rings. The van der Waals surface area contributed by atoms with Gasteiger partial charge in [-0.1, -0.05) is 54.6 Å². The number of hydrogen-bond donors (Lipinski definition) is 1. The zero-order valence-corrected chi connectivity index (χ0v) is 16.5. The van der Waals surface area contributed by atoms with Crippen molar-refractivity contribution in [1.29, 1.82) is 0 Å². The molecule has 0 aliphatic heterocycles. The van der Waals surface area contributed by atoms with Crippen LogP contribution in [0.5, 0.6) is 0 Å². The highest BCUT2D eigenvalue weighted by molar-refractivity contribution is 5.98. The molecule has 0 unspecified atom stereocenters. The summed E-state index contributed by atoms with van der Waals surface area (Å²) in [4.78, 5) is 12.9. The average Bonchev–Trinajstić information content (AvgIpc) is 2.84. The SMILES string of the molecule is [NH3+]Cc1ccc(-c2nc3ccnc(-c4cc[nH+]cc4)c3cc2-c2ccccc2)cc1. The number of benzene rings is 2. The number of H-pyrrole nitrogens is 1. The van der Waals surface area contributed by atoms with Gasteiger partial charge < -0.3 is 5.73 Å². The molecule has 2 aromatic carbocycles. The Hall–Kier alpha value is -3.89. The van der Waals surface area contributed by atoms with Crippen molar-refractivity contribution in [2.24, 2.45) is 0 Å². The molecule has 3 aromatic heterocycles. The van der Waals surface area contributed by atoms with Crippen LogP contribution in [0, 0.1) is 0 Å². The molecular formula is C26H22N4+2. The van der Waals surface area contributed by atoms with Gasteiger partial charge in [0.05, 0.1) is 23.4 Å². The first kappa shape index (κ1) is 18.2. The Labute approximate surface area is 175 Å². The van der Waals surface area contributed by atoms with Crippen molar-refractivity contribution in [1.82, 2.24) is 9.97 Å². The molecule has 0 atom stereocenters. The van der Waals surface area contributed by atoms with Crippen molar-refractivity contribution in [2.45, 2.75) is 6.54 Å². The van der Waals surface area contributed by atoms with Crippen molar-refractivity contribution in [3.63, 3.8) is 0 Å². The van der Waals surface area contributed by atoms with E-state index >= 15 is 0 Å². The molecule has 4 N–H and O–H groups in total. The molecule has 144 valence electrons. The van der Waals surface area contributed by atoms with Crippen LogP contribution in [0.2, 0.25) is 0 Å². The molecule has 0 aliphatic carbocycles. The van der Waals surface area contributed by atoms with Crippen LogP contribution < -0.4 is 10.7 Å². The van der Waals surface area contributed by atoms with Gasteiger partial charge in [0.25, 0.3) is 0 Å². The molecule has 0 amide bonds. The predicted molar refractivity (Wildman–Crippen MR) is 119 cm³/mol. The van der Waals surface area contributed by atoms with E-state index in [4.69, 9.17) is 4.98 Å². The lowest BCUT2D eigenvalue weighted by molar-refractivity contribution is -0.386. The molecule has 0 spiro atoms. The molecule has 5 rings (SSSR count). The van der Waals surface area contributed by atoms with E-state index in [1.807, 2.05) is 42.9 Å². The zero-order chi connectivity index (χ0) is 20.3. The molecule has 3 heterocycles. The molecule has 0 fully saturated rings. The topological polar surface area (TPSA) is 67.6 Å². The number of aromatic nitrogens is 3. The Morgan fingerprint density at radius 3 is 2.20 bits per heavy atom. The standard InChI is InChI=1S/C26H20N4/c27-17-18-6-8-20(9-7-18)26-22(19-4-2-1-3-5-19)16-23-24(30-26)12-15-29-25(23)21-10-13-28-14-11-21/h1-16H,17,27H2/p+2. The Kier molecular flexibility index (Phi) is 4.75. The van der Waals surface area contributed by atoms with Gasteiger partial charge in [-0.2, -0.15) is 0 Å². The molecule has 0 bridgehead atoms. The van der Waals surface area contributed by atoms with Crippen molar-refractivity contribution in [2.75, 3.05) is 0 Å². The highest BCUT2D eigenvalue weighted by atomic mass is 14.7. The zero-order valence-electron chi connectivity index (χ0n) is 16.5. The summed E-state index contributed by atoms with van der Waals surface area (Å²) in [5, 5.41) is 1.04. The van der Waals surface area contributed by atoms with Gasteiger partial charge in [-0.15, -0.1) is 0 Å². The number of fused-ring (bicyclic) bond motifs is 1. The Morgan fingerprint density at radius 1 is 0.733 bits per heavy atom. The smallest absolute Gasteiger partial charge is 0.167 e. The number of rotatable bonds is 4. The van der Waals surface area contributed by atoms with Crippen LogP contribution in [0.1, 0.15) is 5.56 Å². The summed E-state index contributed by atoms with van der Waals surface area (Å²) in [5.74, 6) is 0. The van der Waals surface area contributed by atoms with Crippen LogP contribution in [0.15, 0.2) is 97.5 Å². The third-order valence-electron chi connectivity index (χ3n) is 5.34. The van der Waals surface area contributed by atoms with E-state index in [0.29, 0.717) is 0 Å². The monoisotopic (exact) mass is 390 g/mol. The molecule has 4 nitrogen and oxygen atoms in total. The largest absolute Gasteiger partial charge is 0.354 e. The highest BCUT2D eigenvalue weighted by Crippen LogP contribution is 2.36. The van der Waals surface area contributed by atoms with Gasteiger partial charge in [-0.25, -0.2) is 9.97 Å². The van der Waals surface area contributed by atoms with E-state index in [-0.39, 0.29) is 0 Å². The Bertz CT molecular complexity index is 1300. The van der Waals surface area contributed by atoms with Gasteiger partial charge in [0.15, 0.2) is 12.4 Å². The minimum Gasteiger partial charge on any atom is -0.354 e. The molecule has 5 aromatic rings. The third kappa shape index (κ3) is 3.34. The van der Waals surface area contributed by atoms with Crippen LogP contribution in [-0.2, 0) is 6.54 Å². The minimum absolute atomic E-state index is 0.778. The maximum atomic E-state index is 5.10. The summed E-state index contributed by atoms with van der Waals surface area (Å²) < 4.78 is 0. The summed E-state index contributed by atoms with van der Waals surface area (Å²) in [7, 11) is 0. The number of aromatic amines is 1. The number of pyridine rings is 3. The van der Waals surface area contributed by atoms with Crippen molar-refractivity contribution in [3.05, 3.63) is 103 Å². The van der Waals surface area contributed by atoms with Crippen molar-refractivity contribution >= 4 is 10.9 Å². The first-order valence-corrected chi connectivity index (χ1v) is 10.0. The fourth-order valence-corrected chi connectivity index (χ4v) is 3.76. The highest BCUT2D eigenvalue weighted by Gasteiger charge is 2.15. The number of nitrogens with one attached hydrogen (secondary N) is 1. The van der Waals surface area contributed by atoms with Crippen LogP contribution in [0.3, 0.4) is 0 Å². The van der Waals surface area contributed by atoms with E-state index in [9.17, 15) is 0 Å². The van der Waals surface area contributed by atoms with E-state index < -0.39 is 0 Å². The van der Waals surface area contributed by atoms with Gasteiger partial charge in [-0.3, -0.25) is 4.98 Å². The first-order chi connectivity index (χ1) is 14.8. The maximum Gasteiger partial charge on any atom is 0.167 e. The fraction of sp³-hybridized carbons (Fsp3) is 0.0385. The van der Waals surface area contributed by atoms with Crippen molar-refractivity contribution < 1.29 is 10.7 Å². The van der Waals surface area contributed by atoms with Gasteiger partial charge in [0.2, 0.25) is 0 Å². The van der Waals surface area contributed by atoms with E-state index in [2.05, 4.69) is 70.3 Å². The molecular weight excluding hydrogens is 368 g/mol. The lowest BCUT2D eigenvalue weighted by atomic mass is 9.96. The Balaban J connectivity index is 1.79. The van der Waals surface area contributed by atoms with Gasteiger partial charge >= 0.3 is 0 Å². The summed E-state index contributed by atoms with van der Waals surface area (Å²) in [6.45, 7) is 0.778. The van der Waals surface area contributed by atoms with Crippen LogP contribution in [0.25, 0.3) is 44.5 Å². The second-order valence-corrected chi connectivity index (χ2v) is 7.21. The first-order valence-electron chi connectivity index (χ1n) is 10.0. The maximum absolute atomic E-state index is 5.10. The predicted octanol–water partition coefficient (Wildman–Crippen LogP) is 4.19. The van der Waals surface area contributed by atoms with Gasteiger partial charge in [0.1, 0.15) is 0 Å². The van der Waals surface area contributed by atoms with Crippen LogP contribution in [0.4, 0.5) is 0 Å². The quantitative estimate of drug-likeness (QED) is 0.500. The number of nitrogens with zero attached hydrogens (tertiary/aromatic N) is 2. The summed E-state index contributed by atoms with van der Waals surface area (Å²) >= 11 is 0. The summed E-state index contributed by atoms with van der Waals surface area (Å²) in [6, 6.07) is 27.2. The molecule has 0 saturated carbocycles. The van der Waals surface area contributed by atoms with Gasteiger partial charge in [0, 0.05) is 46.0 Å². The van der Waals surface area contributed by atoms with Gasteiger partial charge in [-0.05, 0) is 17.7 Å².